The fraction of sp³-hybridized carbons (Fsp3) is 0.412. The van der Waals surface area contributed by atoms with Gasteiger partial charge in [-0.3, -0.25) is 9.48 Å². The molecule has 1 aliphatic rings. The lowest BCUT2D eigenvalue weighted by atomic mass is 9.98. The van der Waals surface area contributed by atoms with Gasteiger partial charge in [0.15, 0.2) is 0 Å². The SMILES string of the molecule is Cn1cc(/C=C/C(=O)N2CCC[C@H](CNS(=O)(=O)c3cccs3)C2)cn1. The van der Waals surface area contributed by atoms with Gasteiger partial charge in [-0.15, -0.1) is 11.3 Å². The number of piperidine rings is 1. The molecule has 2 aromatic heterocycles. The molecular weight excluding hydrogens is 372 g/mol. The van der Waals surface area contributed by atoms with Crippen molar-refractivity contribution in [1.82, 2.24) is 19.4 Å². The number of rotatable bonds is 6. The minimum atomic E-state index is -3.46. The number of likely N-dealkylation sites (tertiary alicyclic amines) is 1. The highest BCUT2D eigenvalue weighted by atomic mass is 32.2. The lowest BCUT2D eigenvalue weighted by Crippen LogP contribution is -2.43. The first-order chi connectivity index (χ1) is 12.4. The maximum atomic E-state index is 12.4. The van der Waals surface area contributed by atoms with Crippen LogP contribution in [-0.2, 0) is 21.9 Å². The number of carbonyl (C=O) groups is 1. The summed E-state index contributed by atoms with van der Waals surface area (Å²) >= 11 is 1.20. The van der Waals surface area contributed by atoms with E-state index in [1.165, 1.54) is 11.3 Å². The topological polar surface area (TPSA) is 84.3 Å². The first-order valence-electron chi connectivity index (χ1n) is 8.43. The Labute approximate surface area is 157 Å². The van der Waals surface area contributed by atoms with E-state index < -0.39 is 10.0 Å². The molecule has 3 heterocycles. The molecule has 0 saturated carbocycles. The van der Waals surface area contributed by atoms with Gasteiger partial charge in [-0.1, -0.05) is 6.07 Å². The van der Waals surface area contributed by atoms with Crippen LogP contribution in [0.4, 0.5) is 0 Å². The molecule has 26 heavy (non-hydrogen) atoms. The summed E-state index contributed by atoms with van der Waals surface area (Å²) in [5.74, 6) is 0.0638. The predicted octanol–water partition coefficient (Wildman–Crippen LogP) is 1.71. The second-order valence-electron chi connectivity index (χ2n) is 6.36. The minimum absolute atomic E-state index is 0.0559. The average molecular weight is 395 g/mol. The van der Waals surface area contributed by atoms with E-state index in [9.17, 15) is 13.2 Å². The molecule has 3 rings (SSSR count). The highest BCUT2D eigenvalue weighted by Gasteiger charge is 2.24. The number of amides is 1. The van der Waals surface area contributed by atoms with E-state index in [0.29, 0.717) is 23.8 Å². The van der Waals surface area contributed by atoms with Crippen LogP contribution >= 0.6 is 11.3 Å². The summed E-state index contributed by atoms with van der Waals surface area (Å²) in [6.45, 7) is 1.60. The maximum Gasteiger partial charge on any atom is 0.250 e. The van der Waals surface area contributed by atoms with Crippen molar-refractivity contribution in [3.8, 4) is 0 Å². The summed E-state index contributed by atoms with van der Waals surface area (Å²) in [6, 6.07) is 3.31. The minimum Gasteiger partial charge on any atom is -0.339 e. The van der Waals surface area contributed by atoms with Gasteiger partial charge in [0.2, 0.25) is 15.9 Å². The van der Waals surface area contributed by atoms with Crippen LogP contribution in [0.25, 0.3) is 6.08 Å². The highest BCUT2D eigenvalue weighted by molar-refractivity contribution is 7.91. The zero-order valence-electron chi connectivity index (χ0n) is 14.5. The van der Waals surface area contributed by atoms with Gasteiger partial charge in [0.1, 0.15) is 4.21 Å². The van der Waals surface area contributed by atoms with E-state index in [2.05, 4.69) is 9.82 Å². The zero-order valence-corrected chi connectivity index (χ0v) is 16.2. The number of sulfonamides is 1. The molecular formula is C17H22N4O3S2. The Morgan fingerprint density at radius 3 is 3.04 bits per heavy atom. The molecule has 9 heteroatoms. The van der Waals surface area contributed by atoms with E-state index in [1.807, 2.05) is 13.2 Å². The van der Waals surface area contributed by atoms with Gasteiger partial charge in [0.05, 0.1) is 6.20 Å². The van der Waals surface area contributed by atoms with Crippen LogP contribution in [-0.4, -0.2) is 48.6 Å². The first kappa shape index (κ1) is 18.8. The molecule has 0 unspecified atom stereocenters. The lowest BCUT2D eigenvalue weighted by Gasteiger charge is -2.32. The normalized spacial score (nSPS) is 18.5. The number of hydrogen-bond acceptors (Lipinski definition) is 5. The smallest absolute Gasteiger partial charge is 0.250 e. The van der Waals surface area contributed by atoms with Crippen LogP contribution in [0, 0.1) is 5.92 Å². The van der Waals surface area contributed by atoms with Crippen molar-refractivity contribution < 1.29 is 13.2 Å². The van der Waals surface area contributed by atoms with Crippen LogP contribution in [0.15, 0.2) is 40.2 Å². The molecule has 1 N–H and O–H groups in total. The maximum absolute atomic E-state index is 12.4. The van der Waals surface area contributed by atoms with E-state index in [0.717, 1.165) is 18.4 Å². The number of nitrogens with zero attached hydrogens (tertiary/aromatic N) is 3. The Kier molecular flexibility index (Phi) is 5.90. The van der Waals surface area contributed by atoms with Crippen molar-refractivity contribution in [2.24, 2.45) is 13.0 Å². The van der Waals surface area contributed by atoms with Crippen LogP contribution in [0.1, 0.15) is 18.4 Å². The number of aromatic nitrogens is 2. The Morgan fingerprint density at radius 1 is 1.50 bits per heavy atom. The molecule has 0 bridgehead atoms. The summed E-state index contributed by atoms with van der Waals surface area (Å²) < 4.78 is 29.1. The Bertz CT molecular complexity index is 872. The van der Waals surface area contributed by atoms with E-state index in [4.69, 9.17) is 0 Å². The molecule has 1 atom stereocenters. The third kappa shape index (κ3) is 4.80. The molecule has 0 spiro atoms. The van der Waals surface area contributed by atoms with Crippen molar-refractivity contribution in [1.29, 1.82) is 0 Å². The molecule has 1 aliphatic heterocycles. The van der Waals surface area contributed by atoms with Gasteiger partial charge in [-0.05, 0) is 36.3 Å². The number of carbonyl (C=O) groups excluding carboxylic acids is 1. The fourth-order valence-electron chi connectivity index (χ4n) is 2.95. The Hall–Kier alpha value is -1.97. The van der Waals surface area contributed by atoms with Crippen LogP contribution in [0.2, 0.25) is 0 Å². The van der Waals surface area contributed by atoms with Crippen LogP contribution < -0.4 is 4.72 Å². The molecule has 0 radical (unpaired) electrons. The molecule has 0 aromatic carbocycles. The zero-order chi connectivity index (χ0) is 18.6. The van der Waals surface area contributed by atoms with Crippen molar-refractivity contribution in [2.45, 2.75) is 17.1 Å². The van der Waals surface area contributed by atoms with Crippen molar-refractivity contribution in [3.63, 3.8) is 0 Å². The third-order valence-corrected chi connectivity index (χ3v) is 7.12. The van der Waals surface area contributed by atoms with E-state index >= 15 is 0 Å². The second-order valence-corrected chi connectivity index (χ2v) is 9.30. The average Bonchev–Trinajstić information content (AvgIpc) is 3.30. The molecule has 2 aromatic rings. The highest BCUT2D eigenvalue weighted by Crippen LogP contribution is 2.19. The number of nitrogens with one attached hydrogen (secondary N) is 1. The summed E-state index contributed by atoms with van der Waals surface area (Å²) in [5.41, 5.74) is 0.873. The van der Waals surface area contributed by atoms with E-state index in [-0.39, 0.29) is 11.8 Å². The fourth-order valence-corrected chi connectivity index (χ4v) is 5.10. The van der Waals surface area contributed by atoms with Gasteiger partial charge in [0.25, 0.3) is 0 Å². The summed E-state index contributed by atoms with van der Waals surface area (Å²) in [5, 5.41) is 5.80. The van der Waals surface area contributed by atoms with Crippen molar-refractivity contribution >= 4 is 33.3 Å². The third-order valence-electron chi connectivity index (χ3n) is 4.30. The Morgan fingerprint density at radius 2 is 2.35 bits per heavy atom. The summed E-state index contributed by atoms with van der Waals surface area (Å²) in [6.07, 6.45) is 8.61. The van der Waals surface area contributed by atoms with Crippen molar-refractivity contribution in [3.05, 3.63) is 41.5 Å². The van der Waals surface area contributed by atoms with E-state index in [1.54, 1.807) is 45.4 Å². The number of hydrogen-bond donors (Lipinski definition) is 1. The van der Waals surface area contributed by atoms with Gasteiger partial charge < -0.3 is 4.90 Å². The van der Waals surface area contributed by atoms with Crippen LogP contribution in [0.3, 0.4) is 0 Å². The molecule has 1 saturated heterocycles. The van der Waals surface area contributed by atoms with Gasteiger partial charge in [0, 0.05) is 44.5 Å². The van der Waals surface area contributed by atoms with Crippen LogP contribution in [0.5, 0.6) is 0 Å². The number of thiophene rings is 1. The van der Waals surface area contributed by atoms with Gasteiger partial charge in [-0.2, -0.15) is 5.10 Å². The molecule has 7 nitrogen and oxygen atoms in total. The van der Waals surface area contributed by atoms with Gasteiger partial charge in [-0.25, -0.2) is 13.1 Å². The molecule has 1 fully saturated rings. The summed E-state index contributed by atoms with van der Waals surface area (Å²) in [4.78, 5) is 14.2. The Balaban J connectivity index is 1.54. The lowest BCUT2D eigenvalue weighted by molar-refractivity contribution is -0.127. The standard InChI is InChI=1S/C17H22N4O3S2/c1-20-12-15(10-18-20)6-7-16(22)21-8-2-4-14(13-21)11-19-26(23,24)17-5-3-9-25-17/h3,5-7,9-10,12,14,19H,2,4,8,11,13H2,1H3/b7-6+/t14-/m1/s1. The monoisotopic (exact) mass is 394 g/mol. The molecule has 140 valence electrons. The second kappa shape index (κ2) is 8.15. The quantitative estimate of drug-likeness (QED) is 0.756. The first-order valence-corrected chi connectivity index (χ1v) is 10.8. The number of aryl methyl sites for hydroxylation is 1. The van der Waals surface area contributed by atoms with Crippen molar-refractivity contribution in [2.75, 3.05) is 19.6 Å². The molecule has 1 amide bonds. The molecule has 0 aliphatic carbocycles. The summed E-state index contributed by atoms with van der Waals surface area (Å²) in [7, 11) is -1.63. The predicted molar refractivity (Wildman–Crippen MR) is 101 cm³/mol. The van der Waals surface area contributed by atoms with Gasteiger partial charge >= 0.3 is 0 Å². The largest absolute Gasteiger partial charge is 0.339 e.